The van der Waals surface area contributed by atoms with Gasteiger partial charge in [-0.3, -0.25) is 15.2 Å². The molecule has 0 aliphatic rings. The first-order valence-corrected chi connectivity index (χ1v) is 6.56. The third-order valence-corrected chi connectivity index (χ3v) is 3.66. The number of nitrogens with one attached hydrogen (secondary N) is 1. The van der Waals surface area contributed by atoms with Crippen molar-refractivity contribution < 1.29 is 4.92 Å². The molecule has 0 bridgehead atoms. The standard InChI is InChI=1S/C14H15N5O2/c1-7-5-8(2)13(19(20)21)10(4)12(7)14-16-15-11-6-9(3)17-18(11)14/h5-6,17H,1-4H3. The van der Waals surface area contributed by atoms with E-state index in [1.54, 1.807) is 18.4 Å². The number of aromatic nitrogens is 4. The summed E-state index contributed by atoms with van der Waals surface area (Å²) in [6, 6.07) is 3.70. The van der Waals surface area contributed by atoms with Crippen LogP contribution in [0.25, 0.3) is 17.0 Å². The second-order valence-corrected chi connectivity index (χ2v) is 5.27. The number of fused-ring (bicyclic) bond motifs is 1. The highest BCUT2D eigenvalue weighted by Gasteiger charge is 2.23. The van der Waals surface area contributed by atoms with Crippen LogP contribution in [0.3, 0.4) is 0 Å². The summed E-state index contributed by atoms with van der Waals surface area (Å²) >= 11 is 0. The summed E-state index contributed by atoms with van der Waals surface area (Å²) in [7, 11) is 0. The molecule has 3 aromatic rings. The van der Waals surface area contributed by atoms with Crippen molar-refractivity contribution in [3.05, 3.63) is 44.6 Å². The van der Waals surface area contributed by atoms with E-state index in [-0.39, 0.29) is 10.6 Å². The van der Waals surface area contributed by atoms with E-state index in [0.717, 1.165) is 16.8 Å². The Morgan fingerprint density at radius 1 is 1.14 bits per heavy atom. The van der Waals surface area contributed by atoms with Crippen molar-refractivity contribution >= 4 is 11.3 Å². The highest BCUT2D eigenvalue weighted by atomic mass is 16.6. The number of rotatable bonds is 2. The van der Waals surface area contributed by atoms with E-state index < -0.39 is 0 Å². The Balaban J connectivity index is 2.36. The number of aryl methyl sites for hydroxylation is 3. The Hall–Kier alpha value is -2.70. The van der Waals surface area contributed by atoms with Crippen molar-refractivity contribution in [1.29, 1.82) is 0 Å². The zero-order valence-electron chi connectivity index (χ0n) is 12.3. The van der Waals surface area contributed by atoms with Gasteiger partial charge in [0.1, 0.15) is 0 Å². The molecule has 0 unspecified atom stereocenters. The number of aromatic amines is 1. The van der Waals surface area contributed by atoms with Crippen molar-refractivity contribution in [3.8, 4) is 11.4 Å². The minimum Gasteiger partial charge on any atom is -0.295 e. The topological polar surface area (TPSA) is 89.1 Å². The fourth-order valence-corrected chi connectivity index (χ4v) is 2.86. The van der Waals surface area contributed by atoms with Gasteiger partial charge in [-0.25, -0.2) is 4.52 Å². The summed E-state index contributed by atoms with van der Waals surface area (Å²) in [5, 5.41) is 22.7. The Morgan fingerprint density at radius 3 is 2.52 bits per heavy atom. The van der Waals surface area contributed by atoms with Crippen LogP contribution in [-0.2, 0) is 0 Å². The zero-order valence-corrected chi connectivity index (χ0v) is 12.3. The average molecular weight is 285 g/mol. The molecule has 0 saturated carbocycles. The highest BCUT2D eigenvalue weighted by Crippen LogP contribution is 2.34. The number of nitro groups is 1. The van der Waals surface area contributed by atoms with Crippen molar-refractivity contribution in [1.82, 2.24) is 19.8 Å². The van der Waals surface area contributed by atoms with Crippen molar-refractivity contribution in [2.45, 2.75) is 27.7 Å². The number of benzene rings is 1. The van der Waals surface area contributed by atoms with Gasteiger partial charge in [0, 0.05) is 28.5 Å². The van der Waals surface area contributed by atoms with Crippen molar-refractivity contribution in [3.63, 3.8) is 0 Å². The fourth-order valence-electron chi connectivity index (χ4n) is 2.86. The largest absolute Gasteiger partial charge is 0.295 e. The fraction of sp³-hybridized carbons (Fsp3) is 0.286. The Bertz CT molecular complexity index is 875. The van der Waals surface area contributed by atoms with Crippen molar-refractivity contribution in [2.75, 3.05) is 0 Å². The maximum absolute atomic E-state index is 11.3. The van der Waals surface area contributed by atoms with Gasteiger partial charge < -0.3 is 0 Å². The monoisotopic (exact) mass is 285 g/mol. The molecule has 7 nitrogen and oxygen atoms in total. The number of H-pyrrole nitrogens is 1. The van der Waals surface area contributed by atoms with E-state index in [1.165, 1.54) is 0 Å². The van der Waals surface area contributed by atoms with Gasteiger partial charge in [0.05, 0.1) is 4.92 Å². The molecule has 1 N–H and O–H groups in total. The molecule has 0 radical (unpaired) electrons. The molecule has 0 aliphatic heterocycles. The van der Waals surface area contributed by atoms with Crippen LogP contribution < -0.4 is 0 Å². The predicted molar refractivity (Wildman–Crippen MR) is 78.4 cm³/mol. The summed E-state index contributed by atoms with van der Waals surface area (Å²) in [5.74, 6) is 0.594. The smallest absolute Gasteiger partial charge is 0.275 e. The Labute approximate surface area is 120 Å². The maximum atomic E-state index is 11.3. The minimum atomic E-state index is -0.341. The molecule has 0 amide bonds. The molecule has 21 heavy (non-hydrogen) atoms. The van der Waals surface area contributed by atoms with Crippen LogP contribution in [0.4, 0.5) is 5.69 Å². The summed E-state index contributed by atoms with van der Waals surface area (Å²) in [5.41, 5.74) is 4.75. The van der Waals surface area contributed by atoms with E-state index in [0.29, 0.717) is 22.6 Å². The van der Waals surface area contributed by atoms with Crippen LogP contribution in [-0.4, -0.2) is 24.7 Å². The third kappa shape index (κ3) is 1.89. The van der Waals surface area contributed by atoms with Gasteiger partial charge in [-0.2, -0.15) is 0 Å². The first-order chi connectivity index (χ1) is 9.90. The van der Waals surface area contributed by atoms with Gasteiger partial charge in [-0.15, -0.1) is 10.2 Å². The summed E-state index contributed by atoms with van der Waals surface area (Å²) in [6.07, 6.45) is 0. The number of hydrogen-bond acceptors (Lipinski definition) is 4. The predicted octanol–water partition coefficient (Wildman–Crippen LogP) is 2.87. The van der Waals surface area contributed by atoms with E-state index in [2.05, 4.69) is 15.3 Å². The third-order valence-electron chi connectivity index (χ3n) is 3.66. The van der Waals surface area contributed by atoms with Gasteiger partial charge in [-0.1, -0.05) is 0 Å². The van der Waals surface area contributed by atoms with Crippen LogP contribution in [0.15, 0.2) is 12.1 Å². The van der Waals surface area contributed by atoms with Gasteiger partial charge >= 0.3 is 0 Å². The first-order valence-electron chi connectivity index (χ1n) is 6.56. The van der Waals surface area contributed by atoms with E-state index >= 15 is 0 Å². The normalized spacial score (nSPS) is 11.2. The van der Waals surface area contributed by atoms with Gasteiger partial charge in [-0.05, 0) is 39.3 Å². The van der Waals surface area contributed by atoms with Crippen LogP contribution in [0.5, 0.6) is 0 Å². The number of hydrogen-bond donors (Lipinski definition) is 1. The average Bonchev–Trinajstić information content (AvgIpc) is 2.88. The summed E-state index contributed by atoms with van der Waals surface area (Å²) < 4.78 is 1.75. The molecule has 2 heterocycles. The Morgan fingerprint density at radius 2 is 1.86 bits per heavy atom. The lowest BCUT2D eigenvalue weighted by Gasteiger charge is -2.10. The highest BCUT2D eigenvalue weighted by molar-refractivity contribution is 5.73. The van der Waals surface area contributed by atoms with Crippen LogP contribution in [0.1, 0.15) is 22.4 Å². The lowest BCUT2D eigenvalue weighted by molar-refractivity contribution is -0.386. The molecule has 0 fully saturated rings. The SMILES string of the molecule is Cc1cc2nnc(-c3c(C)cc(C)c([N+](=O)[O-])c3C)n2[nH]1. The van der Waals surface area contributed by atoms with Gasteiger partial charge in [0.15, 0.2) is 11.5 Å². The van der Waals surface area contributed by atoms with Gasteiger partial charge in [0.25, 0.3) is 5.69 Å². The van der Waals surface area contributed by atoms with E-state index in [9.17, 15) is 10.1 Å². The summed E-state index contributed by atoms with van der Waals surface area (Å²) in [4.78, 5) is 11.0. The molecule has 0 spiro atoms. The molecule has 1 aromatic carbocycles. The van der Waals surface area contributed by atoms with Crippen molar-refractivity contribution in [2.24, 2.45) is 0 Å². The van der Waals surface area contributed by atoms with Crippen LogP contribution >= 0.6 is 0 Å². The molecular weight excluding hydrogens is 270 g/mol. The molecule has 3 rings (SSSR count). The summed E-state index contributed by atoms with van der Waals surface area (Å²) in [6.45, 7) is 7.36. The molecule has 2 aromatic heterocycles. The zero-order chi connectivity index (χ0) is 15.3. The van der Waals surface area contributed by atoms with E-state index in [1.807, 2.05) is 26.0 Å². The molecule has 0 saturated heterocycles. The molecule has 108 valence electrons. The molecule has 7 heteroatoms. The molecular formula is C14H15N5O2. The van der Waals surface area contributed by atoms with Gasteiger partial charge in [0.2, 0.25) is 0 Å². The number of nitro benzene ring substituents is 1. The van der Waals surface area contributed by atoms with E-state index in [4.69, 9.17) is 0 Å². The second-order valence-electron chi connectivity index (χ2n) is 5.27. The number of nitrogens with zero attached hydrogens (tertiary/aromatic N) is 4. The molecule has 0 aliphatic carbocycles. The minimum absolute atomic E-state index is 0.135. The Kier molecular flexibility index (Phi) is 2.79. The second kappa shape index (κ2) is 4.41. The lowest BCUT2D eigenvalue weighted by Crippen LogP contribution is -2.02. The maximum Gasteiger partial charge on any atom is 0.275 e. The van der Waals surface area contributed by atoms with Crippen LogP contribution in [0.2, 0.25) is 0 Å². The quantitative estimate of drug-likeness (QED) is 0.579. The molecule has 0 atom stereocenters. The first kappa shape index (κ1) is 13.3. The van der Waals surface area contributed by atoms with Crippen LogP contribution in [0, 0.1) is 37.8 Å². The lowest BCUT2D eigenvalue weighted by atomic mass is 9.97.